The summed E-state index contributed by atoms with van der Waals surface area (Å²) < 4.78 is 12.8. The molecule has 1 rings (SSSR count). The van der Waals surface area contributed by atoms with E-state index in [9.17, 15) is 4.79 Å². The van der Waals surface area contributed by atoms with Crippen molar-refractivity contribution in [3.05, 3.63) is 11.8 Å². The number of ether oxygens (including phenoxy) is 1. The highest BCUT2D eigenvalue weighted by Crippen LogP contribution is 2.65. The third kappa shape index (κ3) is 7.92. The number of hydrogen-bond donors (Lipinski definition) is 1. The minimum Gasteiger partial charge on any atom is -0.511 e. The van der Waals surface area contributed by atoms with Crippen molar-refractivity contribution < 1.29 is 14.2 Å². The largest absolute Gasteiger partial charge is 0.511 e. The van der Waals surface area contributed by atoms with E-state index in [1.165, 1.54) is 0 Å². The molecule has 0 aromatic carbocycles. The summed E-state index contributed by atoms with van der Waals surface area (Å²) in [5.74, 6) is -0.342. The van der Waals surface area contributed by atoms with Gasteiger partial charge in [0.15, 0.2) is 5.56 Å². The summed E-state index contributed by atoms with van der Waals surface area (Å²) in [7, 11) is 3.18. The summed E-state index contributed by atoms with van der Waals surface area (Å²) in [5.41, 5.74) is 0.586. The van der Waals surface area contributed by atoms with Crippen molar-refractivity contribution in [2.45, 2.75) is 172 Å². The first-order valence-corrected chi connectivity index (χ1v) is 19.3. The fourth-order valence-electron chi connectivity index (χ4n) is 7.04. The second-order valence-electron chi connectivity index (χ2n) is 13.6. The molecule has 0 saturated heterocycles. The first-order chi connectivity index (χ1) is 19.1. The highest BCUT2D eigenvalue weighted by molar-refractivity contribution is 8.43. The van der Waals surface area contributed by atoms with Gasteiger partial charge in [-0.1, -0.05) is 4.68 Å². The van der Waals surface area contributed by atoms with Crippen LogP contribution in [-0.2, 0) is 22.5 Å². The van der Waals surface area contributed by atoms with Gasteiger partial charge in [0.1, 0.15) is 0 Å². The van der Waals surface area contributed by atoms with E-state index < -0.39 is 12.3 Å². The van der Waals surface area contributed by atoms with Gasteiger partial charge in [0.2, 0.25) is 11.6 Å². The maximum Gasteiger partial charge on any atom is 0.350 e. The molecule has 1 aromatic rings. The molecule has 1 unspecified atom stereocenters. The smallest absolute Gasteiger partial charge is 0.350 e. The van der Waals surface area contributed by atoms with Crippen molar-refractivity contribution in [3.63, 3.8) is 0 Å². The Balaban J connectivity index is 4.51. The average Bonchev–Trinajstić information content (AvgIpc) is 3.24. The van der Waals surface area contributed by atoms with Crippen LogP contribution >= 0.6 is 16.0 Å². The van der Waals surface area contributed by atoms with E-state index in [0.29, 0.717) is 12.2 Å². The Morgan fingerprint density at radius 2 is 1.12 bits per heavy atom. The van der Waals surface area contributed by atoms with Gasteiger partial charge in [-0.25, -0.2) is 14.6 Å². The highest BCUT2D eigenvalue weighted by Gasteiger charge is 2.57. The maximum absolute atomic E-state index is 13.9. The van der Waals surface area contributed by atoms with Gasteiger partial charge in [-0.3, -0.25) is 0 Å². The molecule has 8 nitrogen and oxygen atoms in total. The van der Waals surface area contributed by atoms with Crippen LogP contribution in [0.1, 0.15) is 128 Å². The number of nitrogens with zero attached hydrogens (tertiary/aromatic N) is 5. The van der Waals surface area contributed by atoms with Gasteiger partial charge in [-0.2, -0.15) is 9.34 Å². The third-order valence-corrected chi connectivity index (χ3v) is 14.2. The highest BCUT2D eigenvalue weighted by atomic mass is 32.7. The normalized spacial score (nSPS) is 14.0. The minimum absolute atomic E-state index is 0.161. The van der Waals surface area contributed by atoms with E-state index in [2.05, 4.69) is 149 Å². The van der Waals surface area contributed by atoms with E-state index in [1.807, 2.05) is 13.1 Å². The number of aromatic amines is 1. The lowest BCUT2D eigenvalue weighted by atomic mass is 10.1. The zero-order chi connectivity index (χ0) is 33.1. The first kappa shape index (κ1) is 39.8. The monoisotopic (exact) mass is 647 g/mol. The Bertz CT molecular complexity index is 924. The quantitative estimate of drug-likeness (QED) is 0.0740. The minimum atomic E-state index is -2.76. The van der Waals surface area contributed by atoms with Crippen LogP contribution in [0.3, 0.4) is 0 Å². The van der Waals surface area contributed by atoms with Gasteiger partial charge in [0, 0.05) is 48.3 Å². The average molecular weight is 648 g/mol. The standard InChI is InChI=1S/C31H64N6O2P2S/c1-18-39-30(38)28-19-33(31(40,34(20(2)3)21(4)5)35(22(6)7)23(8)9)32-29(28)41(42,36(24(10)11)25(12)13)37(26(14)15)27(16)17/h19-27H,18,40H2,1-17H3/p+1. The van der Waals surface area contributed by atoms with Crippen molar-refractivity contribution in [2.24, 2.45) is 0 Å². The second-order valence-corrected chi connectivity index (χ2v) is 18.4. The van der Waals surface area contributed by atoms with E-state index in [0.717, 1.165) is 5.44 Å². The molecule has 0 spiro atoms. The zero-order valence-corrected chi connectivity index (χ0v) is 32.8. The number of carbonyl (C=O) groups excluding carboxylic acids is 1. The van der Waals surface area contributed by atoms with Gasteiger partial charge >= 0.3 is 11.5 Å². The molecule has 1 atom stereocenters. The molecule has 0 aliphatic heterocycles. The summed E-state index contributed by atoms with van der Waals surface area (Å²) >= 11 is 6.96. The summed E-state index contributed by atoms with van der Waals surface area (Å²) in [6.45, 7) is 34.9. The molecule has 1 N–H and O–H groups in total. The van der Waals surface area contributed by atoms with E-state index in [1.54, 1.807) is 0 Å². The van der Waals surface area contributed by atoms with Crippen LogP contribution in [0.2, 0.25) is 0 Å². The van der Waals surface area contributed by atoms with Gasteiger partial charge in [-0.05, 0) is 127 Å². The first-order valence-electron chi connectivity index (χ1n) is 16.0. The van der Waals surface area contributed by atoms with Gasteiger partial charge in [0.05, 0.1) is 13.4 Å². The Morgan fingerprint density at radius 3 is 1.38 bits per heavy atom. The van der Waals surface area contributed by atoms with Crippen molar-refractivity contribution in [2.75, 3.05) is 6.61 Å². The number of hydrogen-bond acceptors (Lipinski definition) is 7. The molecular weight excluding hydrogens is 582 g/mol. The molecule has 11 heteroatoms. The van der Waals surface area contributed by atoms with Crippen LogP contribution in [0, 0.1) is 0 Å². The van der Waals surface area contributed by atoms with E-state index in [4.69, 9.17) is 17.0 Å². The fourth-order valence-corrected chi connectivity index (χ4v) is 15.0. The van der Waals surface area contributed by atoms with Crippen LogP contribution in [0.25, 0.3) is 0 Å². The predicted molar refractivity (Wildman–Crippen MR) is 187 cm³/mol. The molecule has 0 amide bonds. The molecule has 0 bridgehead atoms. The van der Waals surface area contributed by atoms with Crippen LogP contribution in [0.5, 0.6) is 0 Å². The molecule has 0 aliphatic carbocycles. The summed E-state index contributed by atoms with van der Waals surface area (Å²) in [5, 5.41) is 3.84. The Morgan fingerprint density at radius 1 is 0.786 bits per heavy atom. The lowest BCUT2D eigenvalue weighted by molar-refractivity contribution is -0.832. The maximum atomic E-state index is 13.9. The second kappa shape index (κ2) is 15.8. The molecule has 0 saturated carbocycles. The van der Waals surface area contributed by atoms with Crippen molar-refractivity contribution >= 4 is 39.7 Å². The zero-order valence-electron chi connectivity index (χ0n) is 29.9. The molecule has 0 fully saturated rings. The van der Waals surface area contributed by atoms with Crippen LogP contribution < -0.4 is 10.1 Å². The molecule has 1 aromatic heterocycles. The molecular formula is C31H65N6O2P2S+. The molecule has 246 valence electrons. The summed E-state index contributed by atoms with van der Waals surface area (Å²) in [4.78, 5) is 18.9. The Labute approximate surface area is 267 Å². The van der Waals surface area contributed by atoms with E-state index >= 15 is 0 Å². The van der Waals surface area contributed by atoms with E-state index in [-0.39, 0.29) is 54.3 Å². The van der Waals surface area contributed by atoms with Crippen molar-refractivity contribution in [3.8, 4) is 0 Å². The number of esters is 1. The van der Waals surface area contributed by atoms with Crippen LogP contribution in [0.4, 0.5) is 0 Å². The number of nitrogens with one attached hydrogen (secondary N) is 1. The van der Waals surface area contributed by atoms with Gasteiger partial charge in [0.25, 0.3) is 0 Å². The van der Waals surface area contributed by atoms with Crippen LogP contribution in [-0.4, -0.2) is 85.2 Å². The molecule has 1 heterocycles. The summed E-state index contributed by atoms with van der Waals surface area (Å²) in [6.07, 6.45) is 1.97. The van der Waals surface area contributed by atoms with Crippen molar-refractivity contribution in [1.82, 2.24) is 24.2 Å². The predicted octanol–water partition coefficient (Wildman–Crippen LogP) is 6.33. The Hall–Kier alpha value is -0.270. The fraction of sp³-hybridized carbons (Fsp3) is 0.871. The number of aromatic nitrogens is 2. The lowest BCUT2D eigenvalue weighted by Crippen LogP contribution is -2.76. The van der Waals surface area contributed by atoms with Gasteiger partial charge in [-0.15, -0.1) is 5.10 Å². The third-order valence-electron chi connectivity index (χ3n) is 7.61. The molecule has 0 aliphatic rings. The Kier molecular flexibility index (Phi) is 15.0. The van der Waals surface area contributed by atoms with Gasteiger partial charge < -0.3 is 17.0 Å². The number of carbonyl (C=O) groups is 1. The molecule has 0 radical (unpaired) electrons. The van der Waals surface area contributed by atoms with Crippen molar-refractivity contribution in [1.29, 1.82) is 0 Å². The number of H-pyrrole nitrogens is 1. The molecule has 42 heavy (non-hydrogen) atoms. The number of rotatable bonds is 16. The lowest BCUT2D eigenvalue weighted by Gasteiger charge is -2.52. The SMILES string of the molecule is CCOC(=O)c1c[n+](C(P)(N(C(C)C)C(C)C)N(C(C)C)C(C)C)[nH]c1[P+]([S-])(N(C(C)C)C(C)C)N(C(C)C)C(C)C. The van der Waals surface area contributed by atoms with Crippen LogP contribution in [0.15, 0.2) is 6.20 Å². The topological polar surface area (TPSA) is 58.9 Å². The summed E-state index contributed by atoms with van der Waals surface area (Å²) in [6, 6.07) is 1.48.